The molecule has 0 unspecified atom stereocenters. The van der Waals surface area contributed by atoms with Gasteiger partial charge in [0.25, 0.3) is 5.91 Å². The number of hydrogen-bond acceptors (Lipinski definition) is 6. The number of carbonyl (C=O) groups is 2. The van der Waals surface area contributed by atoms with Gasteiger partial charge in [-0.1, -0.05) is 23.4 Å². The van der Waals surface area contributed by atoms with E-state index < -0.39 is 24.3 Å². The molecule has 1 N–H and O–H groups in total. The zero-order valence-electron chi connectivity index (χ0n) is 15.9. The van der Waals surface area contributed by atoms with Crippen LogP contribution in [-0.2, 0) is 15.3 Å². The van der Waals surface area contributed by atoms with Crippen LogP contribution in [0.15, 0.2) is 57.9 Å². The predicted octanol–water partition coefficient (Wildman–Crippen LogP) is 4.52. The summed E-state index contributed by atoms with van der Waals surface area (Å²) in [4.78, 5) is 25.2. The summed E-state index contributed by atoms with van der Waals surface area (Å²) in [5.74, 6) is -0.301. The number of benzene rings is 2. The molecule has 0 atom stereocenters. The predicted molar refractivity (Wildman–Crippen MR) is 107 cm³/mol. The highest BCUT2D eigenvalue weighted by Crippen LogP contribution is 2.29. The summed E-state index contributed by atoms with van der Waals surface area (Å²) in [5, 5.41) is 6.41. The number of aryl methyl sites for hydroxylation is 2. The van der Waals surface area contributed by atoms with Crippen LogP contribution in [0.5, 0.6) is 0 Å². The Bertz CT molecular complexity index is 1020. The lowest BCUT2D eigenvalue weighted by Crippen LogP contribution is -2.21. The number of hydrogen-bond donors (Lipinski definition) is 1. The van der Waals surface area contributed by atoms with Crippen LogP contribution >= 0.6 is 11.8 Å². The summed E-state index contributed by atoms with van der Waals surface area (Å²) in [7, 11) is 0. The van der Waals surface area contributed by atoms with Gasteiger partial charge in [0.15, 0.2) is 6.61 Å². The molecule has 2 aromatic carbocycles. The number of nitrogens with one attached hydrogen (secondary N) is 1. The van der Waals surface area contributed by atoms with Crippen molar-refractivity contribution in [3.8, 4) is 0 Å². The van der Waals surface area contributed by atoms with Crippen LogP contribution < -0.4 is 5.32 Å². The number of halogens is 1. The molecule has 0 saturated heterocycles. The average Bonchev–Trinajstić information content (AvgIpc) is 3.02. The Morgan fingerprint density at radius 1 is 1.17 bits per heavy atom. The monoisotopic (exact) mass is 414 g/mol. The van der Waals surface area contributed by atoms with Crippen LogP contribution in [0.2, 0.25) is 0 Å². The van der Waals surface area contributed by atoms with Crippen molar-refractivity contribution in [1.82, 2.24) is 5.16 Å². The van der Waals surface area contributed by atoms with Crippen molar-refractivity contribution in [2.75, 3.05) is 11.9 Å². The van der Waals surface area contributed by atoms with Crippen molar-refractivity contribution < 1.29 is 23.2 Å². The van der Waals surface area contributed by atoms with E-state index in [1.165, 1.54) is 30.0 Å². The normalized spacial score (nSPS) is 10.6. The third-order valence-electron chi connectivity index (χ3n) is 4.10. The molecule has 6 nitrogen and oxygen atoms in total. The van der Waals surface area contributed by atoms with Crippen molar-refractivity contribution in [3.05, 3.63) is 76.9 Å². The standard InChI is InChI=1S/C21H19FN2O4S/c1-13-18(14(2)28-24-13)12-29-19-9-4-3-8-17(19)21(26)27-11-20(25)23-16-7-5-6-15(22)10-16/h3-10H,11-12H2,1-2H3,(H,23,25). The first kappa shape index (κ1) is 20.6. The van der Waals surface area contributed by atoms with Gasteiger partial charge < -0.3 is 14.6 Å². The van der Waals surface area contributed by atoms with Gasteiger partial charge in [-0.15, -0.1) is 11.8 Å². The highest BCUT2D eigenvalue weighted by Gasteiger charge is 2.16. The third-order valence-corrected chi connectivity index (χ3v) is 5.20. The fourth-order valence-electron chi connectivity index (χ4n) is 2.59. The van der Waals surface area contributed by atoms with Crippen molar-refractivity contribution in [2.45, 2.75) is 24.5 Å². The van der Waals surface area contributed by atoms with Crippen molar-refractivity contribution in [1.29, 1.82) is 0 Å². The molecule has 1 amide bonds. The van der Waals surface area contributed by atoms with Gasteiger partial charge >= 0.3 is 5.97 Å². The largest absolute Gasteiger partial charge is 0.452 e. The molecule has 0 radical (unpaired) electrons. The Balaban J connectivity index is 1.60. The molecule has 0 aliphatic heterocycles. The first-order valence-corrected chi connectivity index (χ1v) is 9.78. The van der Waals surface area contributed by atoms with Crippen LogP contribution in [0, 0.1) is 19.7 Å². The first-order chi connectivity index (χ1) is 13.9. The smallest absolute Gasteiger partial charge is 0.339 e. The zero-order valence-corrected chi connectivity index (χ0v) is 16.7. The number of thioether (sulfide) groups is 1. The van der Waals surface area contributed by atoms with Gasteiger partial charge in [-0.25, -0.2) is 9.18 Å². The lowest BCUT2D eigenvalue weighted by Gasteiger charge is -2.10. The molecule has 3 aromatic rings. The topological polar surface area (TPSA) is 81.4 Å². The molecule has 1 heterocycles. The maximum atomic E-state index is 13.2. The Hall–Kier alpha value is -3.13. The maximum absolute atomic E-state index is 13.2. The van der Waals surface area contributed by atoms with E-state index in [1.54, 1.807) is 18.2 Å². The lowest BCUT2D eigenvalue weighted by molar-refractivity contribution is -0.119. The molecule has 0 aliphatic carbocycles. The van der Waals surface area contributed by atoms with Gasteiger partial charge in [0, 0.05) is 21.9 Å². The molecule has 150 valence electrons. The van der Waals surface area contributed by atoms with E-state index in [2.05, 4.69) is 10.5 Å². The fraction of sp³-hybridized carbons (Fsp3) is 0.190. The molecule has 29 heavy (non-hydrogen) atoms. The number of carbonyl (C=O) groups excluding carboxylic acids is 2. The summed E-state index contributed by atoms with van der Waals surface area (Å²) in [6.07, 6.45) is 0. The minimum atomic E-state index is -0.610. The van der Waals surface area contributed by atoms with Crippen molar-refractivity contribution >= 4 is 29.3 Å². The summed E-state index contributed by atoms with van der Waals surface area (Å²) in [6.45, 7) is 3.23. The Morgan fingerprint density at radius 3 is 2.69 bits per heavy atom. The van der Waals surface area contributed by atoms with Gasteiger partial charge in [0.2, 0.25) is 0 Å². The first-order valence-electron chi connectivity index (χ1n) is 8.80. The van der Waals surface area contributed by atoms with E-state index in [9.17, 15) is 14.0 Å². The quantitative estimate of drug-likeness (QED) is 0.452. The van der Waals surface area contributed by atoms with Gasteiger partial charge in [0.05, 0.1) is 11.3 Å². The number of nitrogens with zero attached hydrogens (tertiary/aromatic N) is 1. The number of amides is 1. The molecule has 3 rings (SSSR count). The number of rotatable bonds is 7. The van der Waals surface area contributed by atoms with E-state index in [4.69, 9.17) is 9.26 Å². The molecule has 0 fully saturated rings. The second kappa shape index (κ2) is 9.38. The maximum Gasteiger partial charge on any atom is 0.339 e. The number of ether oxygens (including phenoxy) is 1. The molecule has 0 spiro atoms. The molecule has 0 saturated carbocycles. The van der Waals surface area contributed by atoms with E-state index in [0.29, 0.717) is 17.0 Å². The van der Waals surface area contributed by atoms with Gasteiger partial charge in [-0.05, 0) is 44.2 Å². The number of anilines is 1. The number of aromatic nitrogens is 1. The molecular formula is C21H19FN2O4S. The van der Waals surface area contributed by atoms with Gasteiger partial charge in [-0.2, -0.15) is 0 Å². The summed E-state index contributed by atoms with van der Waals surface area (Å²) in [6, 6.07) is 12.5. The van der Waals surface area contributed by atoms with E-state index in [1.807, 2.05) is 26.0 Å². The van der Waals surface area contributed by atoms with Crippen LogP contribution in [0.3, 0.4) is 0 Å². The highest BCUT2D eigenvalue weighted by molar-refractivity contribution is 7.98. The molecule has 0 bridgehead atoms. The van der Waals surface area contributed by atoms with E-state index >= 15 is 0 Å². The Labute approximate surface area is 171 Å². The average molecular weight is 414 g/mol. The van der Waals surface area contributed by atoms with Crippen molar-refractivity contribution in [2.24, 2.45) is 0 Å². The van der Waals surface area contributed by atoms with E-state index in [0.717, 1.165) is 21.9 Å². The minimum Gasteiger partial charge on any atom is -0.452 e. The second-order valence-electron chi connectivity index (χ2n) is 6.22. The zero-order chi connectivity index (χ0) is 20.8. The minimum absolute atomic E-state index is 0.293. The Kier molecular flexibility index (Phi) is 6.66. The second-order valence-corrected chi connectivity index (χ2v) is 7.24. The van der Waals surface area contributed by atoms with Crippen LogP contribution in [0.25, 0.3) is 0 Å². The summed E-state index contributed by atoms with van der Waals surface area (Å²) in [5.41, 5.74) is 2.45. The summed E-state index contributed by atoms with van der Waals surface area (Å²) < 4.78 is 23.5. The molecule has 0 aliphatic rings. The number of esters is 1. The van der Waals surface area contributed by atoms with Gasteiger partial charge in [0.1, 0.15) is 11.6 Å². The lowest BCUT2D eigenvalue weighted by atomic mass is 10.2. The molecular weight excluding hydrogens is 395 g/mol. The molecule has 1 aromatic heterocycles. The van der Waals surface area contributed by atoms with Crippen LogP contribution in [-0.4, -0.2) is 23.6 Å². The van der Waals surface area contributed by atoms with Crippen molar-refractivity contribution in [3.63, 3.8) is 0 Å². The third kappa shape index (κ3) is 5.45. The van der Waals surface area contributed by atoms with Crippen LogP contribution in [0.1, 0.15) is 27.4 Å². The SMILES string of the molecule is Cc1noc(C)c1CSc1ccccc1C(=O)OCC(=O)Nc1cccc(F)c1. The fourth-order valence-corrected chi connectivity index (χ4v) is 3.78. The highest BCUT2D eigenvalue weighted by atomic mass is 32.2. The Morgan fingerprint density at radius 2 is 1.97 bits per heavy atom. The van der Waals surface area contributed by atoms with E-state index in [-0.39, 0.29) is 0 Å². The van der Waals surface area contributed by atoms with Crippen LogP contribution in [0.4, 0.5) is 10.1 Å². The molecule has 8 heteroatoms. The summed E-state index contributed by atoms with van der Waals surface area (Å²) >= 11 is 1.46. The van der Waals surface area contributed by atoms with Gasteiger partial charge in [-0.3, -0.25) is 4.79 Å².